The van der Waals surface area contributed by atoms with E-state index in [0.717, 1.165) is 16.8 Å². The van der Waals surface area contributed by atoms with Crippen LogP contribution in [0.1, 0.15) is 11.1 Å². The van der Waals surface area contributed by atoms with E-state index >= 15 is 0 Å². The summed E-state index contributed by atoms with van der Waals surface area (Å²) in [6.07, 6.45) is 0. The number of para-hydroxylation sites is 1. The van der Waals surface area contributed by atoms with Crippen molar-refractivity contribution in [2.75, 3.05) is 11.7 Å². The van der Waals surface area contributed by atoms with Crippen LogP contribution in [0.25, 0.3) is 0 Å². The monoisotopic (exact) mass is 183 g/mol. The van der Waals surface area contributed by atoms with Crippen molar-refractivity contribution in [2.45, 2.75) is 13.5 Å². The maximum Gasteiger partial charge on any atom is 0.0897 e. The molecule has 0 fully saturated rings. The van der Waals surface area contributed by atoms with Crippen LogP contribution in [-0.2, 0) is 11.3 Å². The van der Waals surface area contributed by atoms with Crippen molar-refractivity contribution in [2.24, 2.45) is 0 Å². The predicted octanol–water partition coefficient (Wildman–Crippen LogP) is 1.98. The molecule has 0 spiro atoms. The van der Waals surface area contributed by atoms with Crippen LogP contribution in [0.15, 0.2) is 18.2 Å². The zero-order chi connectivity index (χ0) is 8.97. The standard InChI is InChI=1S/C9H13NOS/c1-7-3-2-4-8(9(7)10)5-11-6-12/h2-4,12H,5-6,10H2,1H3. The molecule has 0 bridgehead atoms. The molecule has 0 amide bonds. The SMILES string of the molecule is Cc1cccc(COCS)c1N. The molecular weight excluding hydrogens is 170 g/mol. The van der Waals surface area contributed by atoms with E-state index in [1.54, 1.807) is 0 Å². The van der Waals surface area contributed by atoms with Crippen molar-refractivity contribution in [3.05, 3.63) is 29.3 Å². The van der Waals surface area contributed by atoms with Crippen molar-refractivity contribution in [1.82, 2.24) is 0 Å². The van der Waals surface area contributed by atoms with Crippen LogP contribution in [0.3, 0.4) is 0 Å². The van der Waals surface area contributed by atoms with Gasteiger partial charge in [0.25, 0.3) is 0 Å². The fourth-order valence-corrected chi connectivity index (χ4v) is 1.11. The number of nitrogens with two attached hydrogens (primary N) is 1. The van der Waals surface area contributed by atoms with Crippen molar-refractivity contribution >= 4 is 18.3 Å². The Morgan fingerprint density at radius 3 is 2.92 bits per heavy atom. The first-order valence-electron chi connectivity index (χ1n) is 3.78. The highest BCUT2D eigenvalue weighted by Gasteiger charge is 1.99. The van der Waals surface area contributed by atoms with Gasteiger partial charge in [-0.2, -0.15) is 12.6 Å². The lowest BCUT2D eigenvalue weighted by molar-refractivity contribution is 0.170. The van der Waals surface area contributed by atoms with Gasteiger partial charge in [-0.05, 0) is 12.5 Å². The highest BCUT2D eigenvalue weighted by molar-refractivity contribution is 7.80. The number of benzene rings is 1. The smallest absolute Gasteiger partial charge is 0.0897 e. The number of hydrogen-bond donors (Lipinski definition) is 2. The molecule has 0 aromatic heterocycles. The van der Waals surface area contributed by atoms with Crippen LogP contribution in [0.5, 0.6) is 0 Å². The molecule has 12 heavy (non-hydrogen) atoms. The normalized spacial score (nSPS) is 10.2. The average molecular weight is 183 g/mol. The van der Waals surface area contributed by atoms with Crippen LogP contribution in [0, 0.1) is 6.92 Å². The molecule has 0 aliphatic carbocycles. The maximum absolute atomic E-state index is 5.82. The van der Waals surface area contributed by atoms with Gasteiger partial charge in [0.2, 0.25) is 0 Å². The van der Waals surface area contributed by atoms with Crippen LogP contribution < -0.4 is 5.73 Å². The van der Waals surface area contributed by atoms with Gasteiger partial charge in [-0.25, -0.2) is 0 Å². The lowest BCUT2D eigenvalue weighted by atomic mass is 10.1. The number of thiol groups is 1. The van der Waals surface area contributed by atoms with E-state index in [1.807, 2.05) is 25.1 Å². The fourth-order valence-electron chi connectivity index (χ4n) is 1.02. The van der Waals surface area contributed by atoms with Crippen molar-refractivity contribution in [1.29, 1.82) is 0 Å². The van der Waals surface area contributed by atoms with Gasteiger partial charge in [0, 0.05) is 11.3 Å². The predicted molar refractivity (Wildman–Crippen MR) is 54.2 cm³/mol. The Balaban J connectivity index is 2.78. The molecule has 1 aromatic rings. The zero-order valence-electron chi connectivity index (χ0n) is 7.08. The molecule has 1 aromatic carbocycles. The summed E-state index contributed by atoms with van der Waals surface area (Å²) in [4.78, 5) is 0. The summed E-state index contributed by atoms with van der Waals surface area (Å²) in [6.45, 7) is 2.52. The highest BCUT2D eigenvalue weighted by atomic mass is 32.1. The van der Waals surface area contributed by atoms with Crippen molar-refractivity contribution in [3.8, 4) is 0 Å². The number of anilines is 1. The summed E-state index contributed by atoms with van der Waals surface area (Å²) in [7, 11) is 0. The second-order valence-electron chi connectivity index (χ2n) is 2.63. The molecule has 0 radical (unpaired) electrons. The van der Waals surface area contributed by atoms with Crippen molar-refractivity contribution in [3.63, 3.8) is 0 Å². The molecule has 0 saturated heterocycles. The molecule has 1 rings (SSSR count). The van der Waals surface area contributed by atoms with E-state index in [1.165, 1.54) is 0 Å². The Bertz CT molecular complexity index is 263. The first-order valence-corrected chi connectivity index (χ1v) is 4.41. The highest BCUT2D eigenvalue weighted by Crippen LogP contribution is 2.16. The first-order chi connectivity index (χ1) is 5.75. The second-order valence-corrected chi connectivity index (χ2v) is 2.88. The van der Waals surface area contributed by atoms with E-state index in [4.69, 9.17) is 10.5 Å². The number of ether oxygens (including phenoxy) is 1. The van der Waals surface area contributed by atoms with E-state index in [2.05, 4.69) is 12.6 Å². The molecule has 0 heterocycles. The third-order valence-corrected chi connectivity index (χ3v) is 1.95. The van der Waals surface area contributed by atoms with Crippen LogP contribution in [0.4, 0.5) is 5.69 Å². The summed E-state index contributed by atoms with van der Waals surface area (Å²) in [6, 6.07) is 5.92. The number of rotatable bonds is 3. The minimum Gasteiger partial charge on any atom is -0.398 e. The Morgan fingerprint density at radius 1 is 1.50 bits per heavy atom. The molecule has 0 aliphatic heterocycles. The third-order valence-electron chi connectivity index (χ3n) is 1.76. The van der Waals surface area contributed by atoms with Crippen molar-refractivity contribution < 1.29 is 4.74 Å². The van der Waals surface area contributed by atoms with Gasteiger partial charge in [0.05, 0.1) is 12.5 Å². The van der Waals surface area contributed by atoms with Crippen LogP contribution in [-0.4, -0.2) is 5.94 Å². The van der Waals surface area contributed by atoms with Gasteiger partial charge >= 0.3 is 0 Å². The van der Waals surface area contributed by atoms with Crippen LogP contribution in [0.2, 0.25) is 0 Å². The Morgan fingerprint density at radius 2 is 2.25 bits per heavy atom. The first kappa shape index (κ1) is 9.42. The Kier molecular flexibility index (Phi) is 3.44. The van der Waals surface area contributed by atoms with Gasteiger partial charge in [-0.15, -0.1) is 0 Å². The molecule has 0 unspecified atom stereocenters. The summed E-state index contributed by atoms with van der Waals surface area (Å²) in [5.41, 5.74) is 8.76. The summed E-state index contributed by atoms with van der Waals surface area (Å²) >= 11 is 3.95. The average Bonchev–Trinajstić information content (AvgIpc) is 2.08. The van der Waals surface area contributed by atoms with E-state index < -0.39 is 0 Å². The summed E-state index contributed by atoms with van der Waals surface area (Å²) in [5, 5.41) is 0. The summed E-state index contributed by atoms with van der Waals surface area (Å²) in [5.74, 6) is 0.424. The number of aryl methyl sites for hydroxylation is 1. The van der Waals surface area contributed by atoms with Crippen LogP contribution >= 0.6 is 12.6 Å². The van der Waals surface area contributed by atoms with Gasteiger partial charge in [0.15, 0.2) is 0 Å². The van der Waals surface area contributed by atoms with Gasteiger partial charge < -0.3 is 10.5 Å². The van der Waals surface area contributed by atoms with E-state index in [9.17, 15) is 0 Å². The lowest BCUT2D eigenvalue weighted by Crippen LogP contribution is -1.98. The van der Waals surface area contributed by atoms with E-state index in [0.29, 0.717) is 12.5 Å². The largest absolute Gasteiger partial charge is 0.398 e. The summed E-state index contributed by atoms with van der Waals surface area (Å²) < 4.78 is 5.14. The second kappa shape index (κ2) is 4.38. The molecule has 0 saturated carbocycles. The minimum atomic E-state index is 0.424. The molecule has 0 atom stereocenters. The fraction of sp³-hybridized carbons (Fsp3) is 0.333. The molecule has 0 aliphatic rings. The minimum absolute atomic E-state index is 0.424. The maximum atomic E-state index is 5.82. The van der Waals surface area contributed by atoms with Gasteiger partial charge in [0.1, 0.15) is 0 Å². The molecule has 2 N–H and O–H groups in total. The van der Waals surface area contributed by atoms with E-state index in [-0.39, 0.29) is 0 Å². The third kappa shape index (κ3) is 2.16. The van der Waals surface area contributed by atoms with Gasteiger partial charge in [-0.1, -0.05) is 18.2 Å². The molecule has 3 heteroatoms. The molecular formula is C9H13NOS. The van der Waals surface area contributed by atoms with Gasteiger partial charge in [-0.3, -0.25) is 0 Å². The molecule has 66 valence electrons. The topological polar surface area (TPSA) is 35.2 Å². The Hall–Kier alpha value is -0.670. The number of hydrogen-bond acceptors (Lipinski definition) is 3. The Labute approximate surface area is 78.1 Å². The quantitative estimate of drug-likeness (QED) is 0.427. The molecule has 2 nitrogen and oxygen atoms in total. The lowest BCUT2D eigenvalue weighted by Gasteiger charge is -2.07. The number of nitrogen functional groups attached to an aromatic ring is 1. The zero-order valence-corrected chi connectivity index (χ0v) is 7.97.